The van der Waals surface area contributed by atoms with Gasteiger partial charge in [0.2, 0.25) is 0 Å². The molecule has 0 fully saturated rings. The van der Waals surface area contributed by atoms with Crippen LogP contribution in [0.25, 0.3) is 0 Å². The summed E-state index contributed by atoms with van der Waals surface area (Å²) in [7, 11) is 4.40. The molecule has 0 bridgehead atoms. The quantitative estimate of drug-likeness (QED) is 0.506. The van der Waals surface area contributed by atoms with Crippen molar-refractivity contribution in [1.29, 1.82) is 0 Å². The number of allylic oxidation sites excluding steroid dienone is 2. The number of hydrogen-bond donors (Lipinski definition) is 0. The molecule has 0 radical (unpaired) electrons. The predicted octanol–water partition coefficient (Wildman–Crippen LogP) is 1.72. The third kappa shape index (κ3) is 1.64. The molecular weight excluding hydrogens is 131 g/mol. The molecule has 1 rings (SSSR count). The lowest BCUT2D eigenvalue weighted by molar-refractivity contribution is 0.112. The van der Waals surface area contributed by atoms with E-state index in [1.807, 2.05) is 18.2 Å². The van der Waals surface area contributed by atoms with Crippen molar-refractivity contribution in [3.63, 3.8) is 0 Å². The van der Waals surface area contributed by atoms with Crippen molar-refractivity contribution in [2.24, 2.45) is 0 Å². The molecule has 1 aliphatic carbocycles. The van der Waals surface area contributed by atoms with Gasteiger partial charge in [-0.2, -0.15) is 0 Å². The topological polar surface area (TPSA) is 9.23 Å². The van der Waals surface area contributed by atoms with Gasteiger partial charge in [0.1, 0.15) is 5.34 Å². The summed E-state index contributed by atoms with van der Waals surface area (Å²) in [5, 5.41) is -0.130. The van der Waals surface area contributed by atoms with Crippen LogP contribution < -0.4 is 0 Å². The molecule has 0 heterocycles. The summed E-state index contributed by atoms with van der Waals surface area (Å²) < 4.78 is 5.20. The van der Waals surface area contributed by atoms with Crippen molar-refractivity contribution in [2.75, 3.05) is 7.11 Å². The van der Waals surface area contributed by atoms with Gasteiger partial charge in [-0.3, -0.25) is 0 Å². The molecule has 1 aliphatic rings. The Morgan fingerprint density at radius 1 is 1.56 bits per heavy atom. The Balaban J connectivity index is 2.63. The zero-order chi connectivity index (χ0) is 6.74. The van der Waals surface area contributed by atoms with Crippen LogP contribution >= 0.6 is 9.24 Å². The molecule has 2 atom stereocenters. The van der Waals surface area contributed by atoms with Crippen LogP contribution in [0.5, 0.6) is 0 Å². The zero-order valence-electron chi connectivity index (χ0n) is 5.50. The van der Waals surface area contributed by atoms with E-state index in [4.69, 9.17) is 4.74 Å². The molecule has 0 amide bonds. The van der Waals surface area contributed by atoms with Crippen molar-refractivity contribution >= 4 is 9.24 Å². The molecule has 50 valence electrons. The van der Waals surface area contributed by atoms with Gasteiger partial charge >= 0.3 is 0 Å². The number of hydrogen-bond acceptors (Lipinski definition) is 1. The molecular formula is C7H11OP. The first-order valence-corrected chi connectivity index (χ1v) is 3.53. The van der Waals surface area contributed by atoms with E-state index in [2.05, 4.69) is 15.3 Å². The second-order valence-electron chi connectivity index (χ2n) is 2.15. The second kappa shape index (κ2) is 2.64. The average Bonchev–Trinajstić information content (AvgIpc) is 1.90. The van der Waals surface area contributed by atoms with Crippen molar-refractivity contribution in [2.45, 2.75) is 11.8 Å². The Morgan fingerprint density at radius 3 is 2.67 bits per heavy atom. The number of rotatable bonds is 1. The van der Waals surface area contributed by atoms with E-state index < -0.39 is 0 Å². The fraction of sp³-hybridized carbons (Fsp3) is 0.429. The largest absolute Gasteiger partial charge is 0.370 e. The Labute approximate surface area is 58.0 Å². The Morgan fingerprint density at radius 2 is 2.33 bits per heavy atom. The maximum absolute atomic E-state index is 5.20. The maximum Gasteiger partial charge on any atom is 0.102 e. The van der Waals surface area contributed by atoms with Gasteiger partial charge < -0.3 is 4.74 Å². The van der Waals surface area contributed by atoms with Gasteiger partial charge in [0.05, 0.1) is 0 Å². The maximum atomic E-state index is 5.20. The van der Waals surface area contributed by atoms with Crippen molar-refractivity contribution < 1.29 is 4.74 Å². The smallest absolute Gasteiger partial charge is 0.102 e. The van der Waals surface area contributed by atoms with Crippen LogP contribution in [0.3, 0.4) is 0 Å². The minimum Gasteiger partial charge on any atom is -0.370 e. The van der Waals surface area contributed by atoms with Gasteiger partial charge in [-0.15, -0.1) is 0 Å². The van der Waals surface area contributed by atoms with Crippen LogP contribution in [-0.2, 0) is 4.74 Å². The van der Waals surface area contributed by atoms with Gasteiger partial charge in [-0.05, 0) is 6.08 Å². The second-order valence-corrected chi connectivity index (χ2v) is 3.13. The summed E-state index contributed by atoms with van der Waals surface area (Å²) in [4.78, 5) is 0. The molecule has 0 spiro atoms. The molecule has 2 heteroatoms. The molecule has 0 aromatic rings. The van der Waals surface area contributed by atoms with Crippen molar-refractivity contribution in [1.82, 2.24) is 0 Å². The van der Waals surface area contributed by atoms with Gasteiger partial charge in [-0.25, -0.2) is 0 Å². The normalized spacial score (nSPS) is 33.1. The molecule has 0 saturated heterocycles. The van der Waals surface area contributed by atoms with E-state index in [1.54, 1.807) is 7.11 Å². The highest BCUT2D eigenvalue weighted by atomic mass is 31.0. The van der Waals surface area contributed by atoms with E-state index in [-0.39, 0.29) is 5.34 Å². The summed E-state index contributed by atoms with van der Waals surface area (Å²) >= 11 is 0. The molecule has 0 aliphatic heterocycles. The van der Waals surface area contributed by atoms with Crippen LogP contribution in [0.15, 0.2) is 24.3 Å². The average molecular weight is 142 g/mol. The Hall–Kier alpha value is -0.130. The first-order valence-electron chi connectivity index (χ1n) is 2.95. The minimum absolute atomic E-state index is 0.130. The van der Waals surface area contributed by atoms with Crippen molar-refractivity contribution in [3.8, 4) is 0 Å². The highest BCUT2D eigenvalue weighted by molar-refractivity contribution is 7.19. The van der Waals surface area contributed by atoms with Crippen molar-refractivity contribution in [3.05, 3.63) is 24.3 Å². The predicted molar refractivity (Wildman–Crippen MR) is 42.3 cm³/mol. The van der Waals surface area contributed by atoms with Crippen LogP contribution in [0.4, 0.5) is 0 Å². The van der Waals surface area contributed by atoms with Crippen LogP contribution in [-0.4, -0.2) is 12.5 Å². The lowest BCUT2D eigenvalue weighted by Crippen LogP contribution is -2.19. The number of ether oxygens (including phenoxy) is 1. The highest BCUT2D eigenvalue weighted by Gasteiger charge is 2.18. The lowest BCUT2D eigenvalue weighted by atomic mass is 10.1. The van der Waals surface area contributed by atoms with Gasteiger partial charge in [0.25, 0.3) is 0 Å². The molecule has 0 aromatic heterocycles. The summed E-state index contributed by atoms with van der Waals surface area (Å²) in [6.07, 6.45) is 9.11. The fourth-order valence-electron chi connectivity index (χ4n) is 0.769. The fourth-order valence-corrected chi connectivity index (χ4v) is 1.02. The van der Waals surface area contributed by atoms with Gasteiger partial charge in [0.15, 0.2) is 0 Å². The Bertz CT molecular complexity index is 151. The van der Waals surface area contributed by atoms with Crippen LogP contribution in [0.1, 0.15) is 6.42 Å². The first-order chi connectivity index (χ1) is 4.27. The molecule has 0 saturated carbocycles. The highest BCUT2D eigenvalue weighted by Crippen LogP contribution is 2.28. The molecule has 2 unspecified atom stereocenters. The third-order valence-electron chi connectivity index (χ3n) is 1.44. The van der Waals surface area contributed by atoms with Gasteiger partial charge in [-0.1, -0.05) is 27.5 Å². The molecule has 9 heavy (non-hydrogen) atoms. The first kappa shape index (κ1) is 6.98. The minimum atomic E-state index is -0.130. The summed E-state index contributed by atoms with van der Waals surface area (Å²) in [6, 6.07) is 0. The molecule has 1 nitrogen and oxygen atoms in total. The lowest BCUT2D eigenvalue weighted by Gasteiger charge is -2.23. The third-order valence-corrected chi connectivity index (χ3v) is 2.11. The van der Waals surface area contributed by atoms with Crippen LogP contribution in [0, 0.1) is 0 Å². The van der Waals surface area contributed by atoms with E-state index in [1.165, 1.54) is 0 Å². The SMILES string of the molecule is COC1(P)C=CC=CC1. The molecule has 0 aromatic carbocycles. The standard InChI is InChI=1S/C7H11OP/c1-8-7(9)5-3-2-4-6-7/h2-5H,6,9H2,1H3. The van der Waals surface area contributed by atoms with E-state index in [0.717, 1.165) is 6.42 Å². The summed E-state index contributed by atoms with van der Waals surface area (Å²) in [6.45, 7) is 0. The van der Waals surface area contributed by atoms with E-state index in [0.29, 0.717) is 0 Å². The van der Waals surface area contributed by atoms with E-state index in [9.17, 15) is 0 Å². The summed E-state index contributed by atoms with van der Waals surface area (Å²) in [5.74, 6) is 0. The molecule has 0 N–H and O–H groups in total. The van der Waals surface area contributed by atoms with E-state index >= 15 is 0 Å². The zero-order valence-corrected chi connectivity index (χ0v) is 6.66. The van der Waals surface area contributed by atoms with Crippen LogP contribution in [0.2, 0.25) is 0 Å². The number of methoxy groups -OCH3 is 1. The Kier molecular flexibility index (Phi) is 2.05. The monoisotopic (exact) mass is 142 g/mol. The van der Waals surface area contributed by atoms with Gasteiger partial charge in [0, 0.05) is 13.5 Å². The summed E-state index contributed by atoms with van der Waals surface area (Å²) in [5.41, 5.74) is 0.